The molecule has 0 saturated carbocycles. The van der Waals surface area contributed by atoms with Gasteiger partial charge in [0.2, 0.25) is 5.89 Å². The first-order valence-electron chi connectivity index (χ1n) is 10.2. The first-order valence-corrected chi connectivity index (χ1v) is 10.6. The Labute approximate surface area is 194 Å². The molecule has 9 heteroatoms. The molecule has 0 aliphatic rings. The molecule has 1 aromatic heterocycles. The highest BCUT2D eigenvalue weighted by atomic mass is 32.1. The maximum atomic E-state index is 12.4. The van der Waals surface area contributed by atoms with Crippen LogP contribution in [0.2, 0.25) is 0 Å². The Kier molecular flexibility index (Phi) is 6.14. The van der Waals surface area contributed by atoms with E-state index in [9.17, 15) is 14.9 Å². The van der Waals surface area contributed by atoms with Gasteiger partial charge in [-0.1, -0.05) is 19.1 Å². The Morgan fingerprint density at radius 3 is 2.58 bits per heavy atom. The number of fused-ring (bicyclic) bond motifs is 1. The van der Waals surface area contributed by atoms with Crippen LogP contribution in [0.25, 0.3) is 22.6 Å². The Morgan fingerprint density at radius 2 is 1.88 bits per heavy atom. The number of nitro benzene ring substituents is 1. The molecule has 4 aromatic rings. The van der Waals surface area contributed by atoms with E-state index in [1.54, 1.807) is 0 Å². The standard InChI is InChI=1S/C24H20N4O4S/c1-3-15-5-11-21-20(12-15)25-23(32-21)17-6-4-14(2)19(13-17)26-24(33)27-22(29)16-7-9-18(10-8-16)28(30)31/h4-13H,3H2,1-2H3,(H2,26,27,29,33). The number of non-ortho nitro benzene ring substituents is 1. The molecule has 166 valence electrons. The summed E-state index contributed by atoms with van der Waals surface area (Å²) in [6.07, 6.45) is 0.916. The van der Waals surface area contributed by atoms with Gasteiger partial charge < -0.3 is 9.73 Å². The number of aromatic nitrogens is 1. The number of amides is 1. The molecule has 3 aromatic carbocycles. The Hall–Kier alpha value is -4.11. The topological polar surface area (TPSA) is 110 Å². The number of nitro groups is 1. The lowest BCUT2D eigenvalue weighted by Crippen LogP contribution is -2.34. The van der Waals surface area contributed by atoms with Gasteiger partial charge in [-0.2, -0.15) is 0 Å². The Bertz CT molecular complexity index is 1380. The zero-order valence-electron chi connectivity index (χ0n) is 17.9. The lowest BCUT2D eigenvalue weighted by Gasteiger charge is -2.12. The maximum absolute atomic E-state index is 12.4. The number of aryl methyl sites for hydroxylation is 2. The van der Waals surface area contributed by atoms with E-state index in [0.717, 1.165) is 23.1 Å². The highest BCUT2D eigenvalue weighted by Gasteiger charge is 2.14. The lowest BCUT2D eigenvalue weighted by molar-refractivity contribution is -0.384. The van der Waals surface area contributed by atoms with Crippen LogP contribution < -0.4 is 10.6 Å². The normalized spacial score (nSPS) is 10.7. The van der Waals surface area contributed by atoms with Crippen molar-refractivity contribution >= 4 is 45.7 Å². The van der Waals surface area contributed by atoms with Crippen LogP contribution in [0.4, 0.5) is 11.4 Å². The first kappa shape index (κ1) is 22.1. The molecule has 0 atom stereocenters. The average Bonchev–Trinajstić information content (AvgIpc) is 3.23. The molecular formula is C24H20N4O4S. The molecule has 0 saturated heterocycles. The van der Waals surface area contributed by atoms with Crippen molar-refractivity contribution in [1.82, 2.24) is 10.3 Å². The van der Waals surface area contributed by atoms with Crippen molar-refractivity contribution in [3.05, 3.63) is 87.5 Å². The summed E-state index contributed by atoms with van der Waals surface area (Å²) in [5.41, 5.74) is 5.23. The van der Waals surface area contributed by atoms with Crippen LogP contribution in [0.1, 0.15) is 28.4 Å². The Balaban J connectivity index is 1.50. The van der Waals surface area contributed by atoms with Gasteiger partial charge in [-0.05, 0) is 73.1 Å². The molecule has 1 heterocycles. The molecule has 1 amide bonds. The molecular weight excluding hydrogens is 440 g/mol. The van der Waals surface area contributed by atoms with Gasteiger partial charge in [0, 0.05) is 28.9 Å². The quantitative estimate of drug-likeness (QED) is 0.233. The van der Waals surface area contributed by atoms with Gasteiger partial charge in [-0.25, -0.2) is 4.98 Å². The smallest absolute Gasteiger partial charge is 0.269 e. The molecule has 0 unspecified atom stereocenters. The number of carbonyl (C=O) groups excluding carboxylic acids is 1. The fourth-order valence-corrected chi connectivity index (χ4v) is 3.47. The molecule has 33 heavy (non-hydrogen) atoms. The first-order chi connectivity index (χ1) is 15.8. The van der Waals surface area contributed by atoms with Gasteiger partial charge in [0.15, 0.2) is 10.7 Å². The number of carbonyl (C=O) groups is 1. The van der Waals surface area contributed by atoms with Crippen LogP contribution in [0.3, 0.4) is 0 Å². The molecule has 0 radical (unpaired) electrons. The molecule has 8 nitrogen and oxygen atoms in total. The number of rotatable bonds is 5. The summed E-state index contributed by atoms with van der Waals surface area (Å²) in [4.78, 5) is 27.3. The predicted molar refractivity (Wildman–Crippen MR) is 130 cm³/mol. The highest BCUT2D eigenvalue weighted by molar-refractivity contribution is 7.80. The van der Waals surface area contributed by atoms with E-state index in [1.165, 1.54) is 29.8 Å². The average molecular weight is 461 g/mol. The number of oxazole rings is 1. The zero-order valence-corrected chi connectivity index (χ0v) is 18.7. The number of anilines is 1. The number of thiocarbonyl (C=S) groups is 1. The van der Waals surface area contributed by atoms with Crippen molar-refractivity contribution in [2.75, 3.05) is 5.32 Å². The zero-order chi connectivity index (χ0) is 23.5. The second-order valence-corrected chi connectivity index (χ2v) is 7.82. The maximum Gasteiger partial charge on any atom is 0.269 e. The van der Waals surface area contributed by atoms with E-state index in [-0.39, 0.29) is 16.4 Å². The van der Waals surface area contributed by atoms with Crippen LogP contribution in [0, 0.1) is 17.0 Å². The summed E-state index contributed by atoms with van der Waals surface area (Å²) < 4.78 is 5.91. The monoisotopic (exact) mass is 460 g/mol. The second-order valence-electron chi connectivity index (χ2n) is 7.42. The summed E-state index contributed by atoms with van der Waals surface area (Å²) in [6.45, 7) is 4.00. The van der Waals surface area contributed by atoms with E-state index in [4.69, 9.17) is 16.6 Å². The Morgan fingerprint density at radius 1 is 1.12 bits per heavy atom. The third kappa shape index (κ3) is 4.88. The van der Waals surface area contributed by atoms with Gasteiger partial charge in [0.05, 0.1) is 4.92 Å². The fraction of sp³-hybridized carbons (Fsp3) is 0.125. The minimum atomic E-state index is -0.525. The van der Waals surface area contributed by atoms with E-state index < -0.39 is 10.8 Å². The molecule has 0 spiro atoms. The summed E-state index contributed by atoms with van der Waals surface area (Å²) in [7, 11) is 0. The van der Waals surface area contributed by atoms with E-state index >= 15 is 0 Å². The van der Waals surface area contributed by atoms with Crippen molar-refractivity contribution in [3.8, 4) is 11.5 Å². The van der Waals surface area contributed by atoms with Crippen molar-refractivity contribution in [2.45, 2.75) is 20.3 Å². The largest absolute Gasteiger partial charge is 0.436 e. The SMILES string of the molecule is CCc1ccc2oc(-c3ccc(C)c(NC(=S)NC(=O)c4ccc([N+](=O)[O-])cc4)c3)nc2c1. The summed E-state index contributed by atoms with van der Waals surface area (Å²) in [6, 6.07) is 16.9. The van der Waals surface area contributed by atoms with E-state index in [1.807, 2.05) is 43.3 Å². The highest BCUT2D eigenvalue weighted by Crippen LogP contribution is 2.28. The molecule has 0 aliphatic heterocycles. The van der Waals surface area contributed by atoms with Crippen LogP contribution in [0.5, 0.6) is 0 Å². The molecule has 0 aliphatic carbocycles. The van der Waals surface area contributed by atoms with Crippen molar-refractivity contribution < 1.29 is 14.1 Å². The number of hydrogen-bond donors (Lipinski definition) is 2. The summed E-state index contributed by atoms with van der Waals surface area (Å²) in [5.74, 6) is 0.0176. The summed E-state index contributed by atoms with van der Waals surface area (Å²) in [5, 5.41) is 16.5. The number of nitrogens with one attached hydrogen (secondary N) is 2. The van der Waals surface area contributed by atoms with Gasteiger partial charge in [0.25, 0.3) is 11.6 Å². The third-order valence-electron chi connectivity index (χ3n) is 5.16. The number of hydrogen-bond acceptors (Lipinski definition) is 6. The second kappa shape index (κ2) is 9.17. The molecule has 2 N–H and O–H groups in total. The molecule has 4 rings (SSSR count). The fourth-order valence-electron chi connectivity index (χ4n) is 3.27. The van der Waals surface area contributed by atoms with Crippen LogP contribution in [-0.4, -0.2) is 20.9 Å². The van der Waals surface area contributed by atoms with Gasteiger partial charge >= 0.3 is 0 Å². The van der Waals surface area contributed by atoms with Crippen molar-refractivity contribution in [2.24, 2.45) is 0 Å². The number of benzene rings is 3. The van der Waals surface area contributed by atoms with Crippen molar-refractivity contribution in [3.63, 3.8) is 0 Å². The minimum Gasteiger partial charge on any atom is -0.436 e. The molecule has 0 bridgehead atoms. The summed E-state index contributed by atoms with van der Waals surface area (Å²) >= 11 is 5.29. The molecule has 0 fully saturated rings. The van der Waals surface area contributed by atoms with E-state index in [0.29, 0.717) is 17.2 Å². The number of nitrogens with zero attached hydrogens (tertiary/aromatic N) is 2. The van der Waals surface area contributed by atoms with Crippen molar-refractivity contribution in [1.29, 1.82) is 0 Å². The van der Waals surface area contributed by atoms with Gasteiger partial charge in [-0.15, -0.1) is 0 Å². The van der Waals surface area contributed by atoms with E-state index in [2.05, 4.69) is 22.5 Å². The van der Waals surface area contributed by atoms with Crippen LogP contribution in [-0.2, 0) is 6.42 Å². The minimum absolute atomic E-state index is 0.0928. The lowest BCUT2D eigenvalue weighted by atomic mass is 10.1. The van der Waals surface area contributed by atoms with Crippen LogP contribution >= 0.6 is 12.2 Å². The third-order valence-corrected chi connectivity index (χ3v) is 5.36. The van der Waals surface area contributed by atoms with Gasteiger partial charge in [0.1, 0.15) is 5.52 Å². The van der Waals surface area contributed by atoms with Gasteiger partial charge in [-0.3, -0.25) is 20.2 Å². The van der Waals surface area contributed by atoms with Crippen LogP contribution in [0.15, 0.2) is 65.1 Å². The predicted octanol–water partition coefficient (Wildman–Crippen LogP) is 5.40.